The Bertz CT molecular complexity index is 2090. The first-order valence-corrected chi connectivity index (χ1v) is 19.6. The highest BCUT2D eigenvalue weighted by Crippen LogP contribution is 2.49. The summed E-state index contributed by atoms with van der Waals surface area (Å²) in [6.07, 6.45) is 2.68. The summed E-state index contributed by atoms with van der Waals surface area (Å²) in [5, 5.41) is 22.1. The first-order valence-electron chi connectivity index (χ1n) is 19.6. The SMILES string of the molecule is COC(=O)[C@@H]1[C@H]2C[C@H]3c4[nH]c5ccccc5c4CCN3C[C@@H]2CC[C@@H]1O.COc1cc2c(N)nc(N3CCN(C(=O)OCC(C)(C)O)CC3)nc2c(OC)c1OC. The predicted octanol–water partition coefficient (Wildman–Crippen LogP) is 3.91. The molecule has 308 valence electrons. The number of methoxy groups -OCH3 is 4. The molecule has 2 aromatic heterocycles. The number of H-pyrrole nitrogens is 1. The number of piperidine rings is 1. The maximum Gasteiger partial charge on any atom is 0.409 e. The lowest BCUT2D eigenvalue weighted by Crippen LogP contribution is -2.53. The number of nitrogen functional groups attached to an aromatic ring is 1. The van der Waals surface area contributed by atoms with Crippen LogP contribution in [0.1, 0.15) is 50.4 Å². The summed E-state index contributed by atoms with van der Waals surface area (Å²) in [7, 11) is 6.01. The number of aliphatic hydroxyl groups excluding tert-OH is 1. The summed E-state index contributed by atoms with van der Waals surface area (Å²) in [5.74, 6) is 2.06. The third-order valence-corrected chi connectivity index (χ3v) is 11.9. The lowest BCUT2D eigenvalue weighted by Gasteiger charge is -2.50. The Hall–Kier alpha value is -5.06. The van der Waals surface area contributed by atoms with E-state index in [1.165, 1.54) is 50.6 Å². The minimum atomic E-state index is -1.07. The van der Waals surface area contributed by atoms with Crippen LogP contribution in [0.2, 0.25) is 0 Å². The lowest BCUT2D eigenvalue weighted by molar-refractivity contribution is -0.160. The largest absolute Gasteiger partial charge is 0.493 e. The van der Waals surface area contributed by atoms with Crippen molar-refractivity contribution in [1.82, 2.24) is 24.8 Å². The third-order valence-electron chi connectivity index (χ3n) is 11.9. The van der Waals surface area contributed by atoms with Crippen LogP contribution in [-0.2, 0) is 20.7 Å². The third kappa shape index (κ3) is 7.94. The fourth-order valence-corrected chi connectivity index (χ4v) is 9.10. The monoisotopic (exact) mass is 789 g/mol. The van der Waals surface area contributed by atoms with E-state index in [0.29, 0.717) is 78.7 Å². The topological polar surface area (TPSA) is 198 Å². The summed E-state index contributed by atoms with van der Waals surface area (Å²) < 4.78 is 26.6. The first kappa shape index (κ1) is 40.1. The normalized spacial score (nSPS) is 23.4. The van der Waals surface area contributed by atoms with Crippen LogP contribution in [0.4, 0.5) is 16.6 Å². The zero-order chi connectivity index (χ0) is 40.6. The smallest absolute Gasteiger partial charge is 0.409 e. The number of para-hydroxylation sites is 1. The number of anilines is 2. The van der Waals surface area contributed by atoms with Crippen LogP contribution >= 0.6 is 0 Å². The quantitative estimate of drug-likeness (QED) is 0.197. The summed E-state index contributed by atoms with van der Waals surface area (Å²) in [4.78, 5) is 43.5. The summed E-state index contributed by atoms with van der Waals surface area (Å²) in [5.41, 5.74) is 9.62. The van der Waals surface area contributed by atoms with Crippen molar-refractivity contribution >= 4 is 45.6 Å². The molecule has 5 heterocycles. The van der Waals surface area contributed by atoms with Crippen LogP contribution < -0.4 is 24.8 Å². The molecule has 0 spiro atoms. The molecule has 3 fully saturated rings. The molecule has 16 nitrogen and oxygen atoms in total. The number of aromatic amines is 1. The number of carbonyl (C=O) groups excluding carboxylic acids is 2. The molecule has 4 aromatic rings. The van der Waals surface area contributed by atoms with Crippen LogP contribution in [0.3, 0.4) is 0 Å². The van der Waals surface area contributed by atoms with Crippen LogP contribution in [-0.4, -0.2) is 133 Å². The number of nitrogens with two attached hydrogens (primary N) is 1. The zero-order valence-electron chi connectivity index (χ0n) is 33.6. The fraction of sp³-hybridized carbons (Fsp3) is 0.561. The molecule has 0 bridgehead atoms. The Morgan fingerprint density at radius 1 is 0.965 bits per heavy atom. The molecule has 3 aliphatic heterocycles. The molecule has 0 unspecified atom stereocenters. The highest BCUT2D eigenvalue weighted by Gasteiger charge is 2.49. The van der Waals surface area contributed by atoms with Gasteiger partial charge in [-0.1, -0.05) is 18.2 Å². The maximum absolute atomic E-state index is 12.4. The molecule has 4 aliphatic rings. The van der Waals surface area contributed by atoms with Gasteiger partial charge in [0, 0.05) is 55.9 Å². The van der Waals surface area contributed by atoms with Crippen molar-refractivity contribution in [2.45, 2.75) is 57.3 Å². The number of benzene rings is 2. The molecule has 2 saturated heterocycles. The number of carbonyl (C=O) groups is 2. The number of piperazine rings is 1. The highest BCUT2D eigenvalue weighted by atomic mass is 16.6. The lowest BCUT2D eigenvalue weighted by atomic mass is 9.65. The molecule has 1 aliphatic carbocycles. The number of aliphatic hydroxyl groups is 2. The number of ether oxygens (including phenoxy) is 5. The second-order valence-corrected chi connectivity index (χ2v) is 16.0. The summed E-state index contributed by atoms with van der Waals surface area (Å²) in [6.45, 7) is 7.04. The number of rotatable bonds is 7. The average molecular weight is 790 g/mol. The number of fused-ring (bicyclic) bond motifs is 7. The van der Waals surface area contributed by atoms with Crippen molar-refractivity contribution < 1.29 is 43.5 Å². The predicted molar refractivity (Wildman–Crippen MR) is 214 cm³/mol. The van der Waals surface area contributed by atoms with Gasteiger partial charge in [0.15, 0.2) is 11.5 Å². The molecule has 2 aromatic carbocycles. The van der Waals surface area contributed by atoms with Crippen LogP contribution in [0.25, 0.3) is 21.8 Å². The van der Waals surface area contributed by atoms with E-state index in [-0.39, 0.29) is 30.2 Å². The standard InChI is InChI=1S/C21H26N2O3.C20H29N5O6/c1-26-21(25)19-15-10-17-20-14(13-4-2-3-5-16(13)22-20)8-9-23(17)11-12(15)6-7-18(19)24;1-20(2,27)11-31-19(26)25-8-6-24(7-9-25)18-22-14-12(17(21)23-18)10-13(28-3)15(29-4)16(14)30-5/h2-5,12,15,17-19,22,24H,6-11H2,1H3;10,27H,6-9,11H2,1-5H3,(H2,21,22,23)/t12-,15-,17-,18-,19+;/m0./s1. The van der Waals surface area contributed by atoms with E-state index in [1.54, 1.807) is 24.8 Å². The van der Waals surface area contributed by atoms with E-state index in [4.69, 9.17) is 29.4 Å². The number of nitrogens with one attached hydrogen (secondary N) is 1. The van der Waals surface area contributed by atoms with E-state index in [0.717, 1.165) is 32.4 Å². The van der Waals surface area contributed by atoms with Crippen molar-refractivity contribution in [1.29, 1.82) is 0 Å². The van der Waals surface area contributed by atoms with Gasteiger partial charge >= 0.3 is 12.1 Å². The fourth-order valence-electron chi connectivity index (χ4n) is 9.10. The van der Waals surface area contributed by atoms with E-state index >= 15 is 0 Å². The second kappa shape index (κ2) is 16.4. The Balaban J connectivity index is 0.000000176. The van der Waals surface area contributed by atoms with E-state index in [9.17, 15) is 19.8 Å². The number of nitrogens with zero attached hydrogens (tertiary/aromatic N) is 5. The molecule has 57 heavy (non-hydrogen) atoms. The van der Waals surface area contributed by atoms with Gasteiger partial charge in [-0.3, -0.25) is 9.69 Å². The van der Waals surface area contributed by atoms with E-state index in [1.807, 2.05) is 4.90 Å². The molecule has 1 amide bonds. The van der Waals surface area contributed by atoms with Crippen molar-refractivity contribution in [3.8, 4) is 17.2 Å². The van der Waals surface area contributed by atoms with Crippen molar-refractivity contribution in [3.05, 3.63) is 41.6 Å². The molecule has 8 rings (SSSR count). The second-order valence-electron chi connectivity index (χ2n) is 16.0. The van der Waals surface area contributed by atoms with Gasteiger partial charge in [-0.15, -0.1) is 0 Å². The van der Waals surface area contributed by atoms with Crippen molar-refractivity contribution in [2.75, 3.05) is 84.9 Å². The maximum atomic E-state index is 12.4. The minimum Gasteiger partial charge on any atom is -0.493 e. The van der Waals surface area contributed by atoms with Crippen LogP contribution in [0.15, 0.2) is 30.3 Å². The van der Waals surface area contributed by atoms with Gasteiger partial charge in [-0.05, 0) is 69.1 Å². The van der Waals surface area contributed by atoms with E-state index < -0.39 is 17.8 Å². The van der Waals surface area contributed by atoms with Gasteiger partial charge in [0.2, 0.25) is 11.7 Å². The number of hydrogen-bond donors (Lipinski definition) is 4. The van der Waals surface area contributed by atoms with Gasteiger partial charge in [-0.2, -0.15) is 4.98 Å². The minimum absolute atomic E-state index is 0.0680. The Morgan fingerprint density at radius 3 is 2.39 bits per heavy atom. The molecule has 5 atom stereocenters. The molecule has 16 heteroatoms. The summed E-state index contributed by atoms with van der Waals surface area (Å²) in [6, 6.07) is 10.5. The zero-order valence-corrected chi connectivity index (χ0v) is 33.6. The summed E-state index contributed by atoms with van der Waals surface area (Å²) >= 11 is 0. The average Bonchev–Trinajstić information content (AvgIpc) is 3.60. The van der Waals surface area contributed by atoms with Gasteiger partial charge in [0.05, 0.1) is 57.5 Å². The van der Waals surface area contributed by atoms with Crippen LogP contribution in [0, 0.1) is 17.8 Å². The Morgan fingerprint density at radius 2 is 1.70 bits per heavy atom. The number of amides is 1. The van der Waals surface area contributed by atoms with E-state index in [2.05, 4.69) is 44.1 Å². The van der Waals surface area contributed by atoms with Gasteiger partial charge in [0.1, 0.15) is 17.9 Å². The Kier molecular flexibility index (Phi) is 11.6. The molecule has 0 radical (unpaired) electrons. The highest BCUT2D eigenvalue weighted by molar-refractivity contribution is 5.97. The number of hydrogen-bond acceptors (Lipinski definition) is 14. The van der Waals surface area contributed by atoms with Crippen LogP contribution in [0.5, 0.6) is 17.2 Å². The molecular formula is C41H55N7O9. The first-order chi connectivity index (χ1) is 27.3. The number of esters is 1. The van der Waals surface area contributed by atoms with Gasteiger partial charge in [-0.25, -0.2) is 9.78 Å². The number of aromatic nitrogens is 3. The molecule has 1 saturated carbocycles. The molecule has 5 N–H and O–H groups in total. The van der Waals surface area contributed by atoms with Gasteiger partial charge in [0.25, 0.3) is 0 Å². The Labute approximate surface area is 332 Å². The van der Waals surface area contributed by atoms with Gasteiger partial charge < -0.3 is 54.4 Å². The van der Waals surface area contributed by atoms with Crippen molar-refractivity contribution in [2.24, 2.45) is 17.8 Å². The molecular weight excluding hydrogens is 734 g/mol. The van der Waals surface area contributed by atoms with Crippen molar-refractivity contribution in [3.63, 3.8) is 0 Å².